The average Bonchev–Trinajstić information content (AvgIpc) is 3.07. The molecule has 2 N–H and O–H groups in total. The fraction of sp³-hybridized carbons (Fsp3) is 0.111. The third-order valence-corrected chi connectivity index (χ3v) is 3.32. The Bertz CT molecular complexity index is 798. The van der Waals surface area contributed by atoms with Crippen LogP contribution in [0.3, 0.4) is 0 Å². The van der Waals surface area contributed by atoms with Crippen LogP contribution in [0.1, 0.15) is 21.8 Å². The van der Waals surface area contributed by atoms with Crippen LogP contribution in [0.25, 0.3) is 0 Å². The molecule has 116 valence electrons. The summed E-state index contributed by atoms with van der Waals surface area (Å²) in [6.45, 7) is 2.53. The molecule has 0 atom stereocenters. The van der Waals surface area contributed by atoms with Gasteiger partial charge in [0.05, 0.1) is 12.8 Å². The number of amides is 1. The minimum absolute atomic E-state index is 0.239. The zero-order chi connectivity index (χ0) is 16.1. The molecule has 5 nitrogen and oxygen atoms in total. The lowest BCUT2D eigenvalue weighted by Crippen LogP contribution is -2.14. The molecule has 3 aromatic rings. The first-order chi connectivity index (χ1) is 11.2. The van der Waals surface area contributed by atoms with Crippen molar-refractivity contribution in [2.75, 3.05) is 10.6 Å². The van der Waals surface area contributed by atoms with Crippen LogP contribution < -0.4 is 10.6 Å². The van der Waals surface area contributed by atoms with Gasteiger partial charge in [0.15, 0.2) is 0 Å². The maximum Gasteiger partial charge on any atom is 0.274 e. The first-order valence-corrected chi connectivity index (χ1v) is 7.31. The quantitative estimate of drug-likeness (QED) is 0.751. The summed E-state index contributed by atoms with van der Waals surface area (Å²) in [5.74, 6) is 0.588. The molecule has 0 unspecified atom stereocenters. The first kappa shape index (κ1) is 14.8. The van der Waals surface area contributed by atoms with E-state index in [1.165, 1.54) is 0 Å². The van der Waals surface area contributed by atoms with E-state index < -0.39 is 0 Å². The summed E-state index contributed by atoms with van der Waals surface area (Å²) in [5.41, 5.74) is 3.01. The van der Waals surface area contributed by atoms with E-state index in [-0.39, 0.29) is 5.91 Å². The zero-order valence-corrected chi connectivity index (χ0v) is 12.7. The zero-order valence-electron chi connectivity index (χ0n) is 12.7. The molecule has 1 aromatic carbocycles. The van der Waals surface area contributed by atoms with Gasteiger partial charge in [-0.25, -0.2) is 0 Å². The SMILES string of the molecule is Cc1cccc(NC(=O)c2cc(NCc3ccco3)ccn2)c1. The molecule has 2 aromatic heterocycles. The highest BCUT2D eigenvalue weighted by Gasteiger charge is 2.08. The highest BCUT2D eigenvalue weighted by atomic mass is 16.3. The number of hydrogen-bond acceptors (Lipinski definition) is 4. The minimum atomic E-state index is -0.239. The van der Waals surface area contributed by atoms with Crippen molar-refractivity contribution in [3.63, 3.8) is 0 Å². The Balaban J connectivity index is 1.67. The molecule has 0 radical (unpaired) electrons. The van der Waals surface area contributed by atoms with Crippen molar-refractivity contribution in [2.24, 2.45) is 0 Å². The van der Waals surface area contributed by atoms with Crippen molar-refractivity contribution < 1.29 is 9.21 Å². The largest absolute Gasteiger partial charge is 0.467 e. The normalized spacial score (nSPS) is 10.3. The third-order valence-electron chi connectivity index (χ3n) is 3.32. The number of pyridine rings is 1. The van der Waals surface area contributed by atoms with Gasteiger partial charge < -0.3 is 15.1 Å². The molecule has 0 saturated heterocycles. The molecule has 0 aliphatic carbocycles. The summed E-state index contributed by atoms with van der Waals surface area (Å²) in [7, 11) is 0. The molecule has 0 aliphatic heterocycles. The van der Waals surface area contributed by atoms with Crippen LogP contribution in [0.4, 0.5) is 11.4 Å². The lowest BCUT2D eigenvalue weighted by Gasteiger charge is -2.08. The second kappa shape index (κ2) is 6.79. The number of carbonyl (C=O) groups excluding carboxylic acids is 1. The molecule has 0 saturated carbocycles. The molecule has 0 aliphatic rings. The van der Waals surface area contributed by atoms with Gasteiger partial charge in [0.2, 0.25) is 0 Å². The summed E-state index contributed by atoms with van der Waals surface area (Å²) in [4.78, 5) is 16.4. The number of furan rings is 1. The monoisotopic (exact) mass is 307 g/mol. The van der Waals surface area contributed by atoms with Crippen molar-refractivity contribution in [2.45, 2.75) is 13.5 Å². The van der Waals surface area contributed by atoms with E-state index in [2.05, 4.69) is 15.6 Å². The number of nitrogens with zero attached hydrogens (tertiary/aromatic N) is 1. The Morgan fingerprint density at radius 2 is 2.04 bits per heavy atom. The van der Waals surface area contributed by atoms with E-state index in [4.69, 9.17) is 4.42 Å². The van der Waals surface area contributed by atoms with Gasteiger partial charge in [0.25, 0.3) is 5.91 Å². The first-order valence-electron chi connectivity index (χ1n) is 7.31. The number of aryl methyl sites for hydroxylation is 1. The summed E-state index contributed by atoms with van der Waals surface area (Å²) in [5, 5.41) is 6.05. The third kappa shape index (κ3) is 3.97. The van der Waals surface area contributed by atoms with Crippen molar-refractivity contribution >= 4 is 17.3 Å². The van der Waals surface area contributed by atoms with Gasteiger partial charge in [-0.3, -0.25) is 9.78 Å². The number of benzene rings is 1. The molecular formula is C18H17N3O2. The average molecular weight is 307 g/mol. The number of carbonyl (C=O) groups is 1. The Morgan fingerprint density at radius 1 is 1.13 bits per heavy atom. The van der Waals surface area contributed by atoms with Gasteiger partial charge in [-0.1, -0.05) is 12.1 Å². The van der Waals surface area contributed by atoms with Crippen molar-refractivity contribution in [1.82, 2.24) is 4.98 Å². The van der Waals surface area contributed by atoms with E-state index in [9.17, 15) is 4.79 Å². The van der Waals surface area contributed by atoms with E-state index in [0.29, 0.717) is 12.2 Å². The number of aromatic nitrogens is 1. The second-order valence-corrected chi connectivity index (χ2v) is 5.19. The van der Waals surface area contributed by atoms with E-state index in [1.54, 1.807) is 18.5 Å². The lowest BCUT2D eigenvalue weighted by molar-refractivity contribution is 0.102. The fourth-order valence-corrected chi connectivity index (χ4v) is 2.18. The van der Waals surface area contributed by atoms with Crippen LogP contribution in [-0.2, 0) is 6.54 Å². The van der Waals surface area contributed by atoms with E-state index in [0.717, 1.165) is 22.7 Å². The van der Waals surface area contributed by atoms with Crippen LogP contribution in [0.15, 0.2) is 65.4 Å². The molecule has 23 heavy (non-hydrogen) atoms. The molecule has 0 fully saturated rings. The maximum atomic E-state index is 12.3. The van der Waals surface area contributed by atoms with Gasteiger partial charge in [0, 0.05) is 17.6 Å². The number of anilines is 2. The van der Waals surface area contributed by atoms with Crippen LogP contribution in [0, 0.1) is 6.92 Å². The van der Waals surface area contributed by atoms with E-state index in [1.807, 2.05) is 49.4 Å². The highest BCUT2D eigenvalue weighted by molar-refractivity contribution is 6.03. The summed E-state index contributed by atoms with van der Waals surface area (Å²) in [6, 6.07) is 14.9. The molecule has 1 amide bonds. The molecule has 5 heteroatoms. The van der Waals surface area contributed by atoms with Gasteiger partial charge >= 0.3 is 0 Å². The fourth-order valence-electron chi connectivity index (χ4n) is 2.18. The number of nitrogens with one attached hydrogen (secondary N) is 2. The lowest BCUT2D eigenvalue weighted by atomic mass is 10.2. The highest BCUT2D eigenvalue weighted by Crippen LogP contribution is 2.14. The Morgan fingerprint density at radius 3 is 2.83 bits per heavy atom. The molecule has 0 bridgehead atoms. The summed E-state index contributed by atoms with van der Waals surface area (Å²) >= 11 is 0. The van der Waals surface area contributed by atoms with Crippen molar-refractivity contribution in [1.29, 1.82) is 0 Å². The van der Waals surface area contributed by atoms with Gasteiger partial charge in [-0.15, -0.1) is 0 Å². The smallest absolute Gasteiger partial charge is 0.274 e. The predicted molar refractivity (Wildman–Crippen MR) is 89.4 cm³/mol. The molecular weight excluding hydrogens is 290 g/mol. The van der Waals surface area contributed by atoms with Crippen LogP contribution >= 0.6 is 0 Å². The second-order valence-electron chi connectivity index (χ2n) is 5.19. The van der Waals surface area contributed by atoms with Gasteiger partial charge in [0.1, 0.15) is 11.5 Å². The Hall–Kier alpha value is -3.08. The summed E-state index contributed by atoms with van der Waals surface area (Å²) in [6.07, 6.45) is 3.24. The Labute approximate surface area is 134 Å². The topological polar surface area (TPSA) is 67.2 Å². The van der Waals surface area contributed by atoms with Crippen LogP contribution in [0.5, 0.6) is 0 Å². The molecule has 3 rings (SSSR count). The maximum absolute atomic E-state index is 12.3. The number of hydrogen-bond donors (Lipinski definition) is 2. The van der Waals surface area contributed by atoms with Crippen LogP contribution in [0.2, 0.25) is 0 Å². The van der Waals surface area contributed by atoms with Crippen LogP contribution in [-0.4, -0.2) is 10.9 Å². The summed E-state index contributed by atoms with van der Waals surface area (Å²) < 4.78 is 5.27. The van der Waals surface area contributed by atoms with Crippen molar-refractivity contribution in [3.8, 4) is 0 Å². The minimum Gasteiger partial charge on any atom is -0.467 e. The standard InChI is InChI=1S/C18H17N3O2/c1-13-4-2-5-15(10-13)21-18(22)17-11-14(7-8-19-17)20-12-16-6-3-9-23-16/h2-11H,12H2,1H3,(H,19,20)(H,21,22). The van der Waals surface area contributed by atoms with Crippen molar-refractivity contribution in [3.05, 3.63) is 78.0 Å². The number of rotatable bonds is 5. The molecule has 0 spiro atoms. The predicted octanol–water partition coefficient (Wildman–Crippen LogP) is 3.85. The van der Waals surface area contributed by atoms with Gasteiger partial charge in [-0.2, -0.15) is 0 Å². The molecule has 2 heterocycles. The van der Waals surface area contributed by atoms with E-state index >= 15 is 0 Å². The Kier molecular flexibility index (Phi) is 4.38. The van der Waals surface area contributed by atoms with Gasteiger partial charge in [-0.05, 0) is 48.9 Å².